The number of hydrogen-bond donors (Lipinski definition) is 4. The molecule has 1 amide bonds. The summed E-state index contributed by atoms with van der Waals surface area (Å²) in [6.45, 7) is 9.21. The number of aryl methyl sites for hydroxylation is 1. The highest BCUT2D eigenvalue weighted by Gasteiger charge is 2.26. The van der Waals surface area contributed by atoms with Gasteiger partial charge in [-0.25, -0.2) is 14.8 Å². The van der Waals surface area contributed by atoms with Crippen LogP contribution < -0.4 is 16.4 Å². The third kappa shape index (κ3) is 7.12. The molecule has 1 aromatic heterocycles. The lowest BCUT2D eigenvalue weighted by atomic mass is 10.1. The minimum Gasteiger partial charge on any atom is -0.444 e. The van der Waals surface area contributed by atoms with Gasteiger partial charge in [-0.2, -0.15) is 0 Å². The Morgan fingerprint density at radius 2 is 1.97 bits per heavy atom. The molecule has 5 N–H and O–H groups in total. The summed E-state index contributed by atoms with van der Waals surface area (Å²) in [5.74, 6) is 0.286. The quantitative estimate of drug-likeness (QED) is 0.489. The fourth-order valence-corrected chi connectivity index (χ4v) is 2.94. The number of rotatable bonds is 7. The van der Waals surface area contributed by atoms with Crippen molar-refractivity contribution in [2.45, 2.75) is 58.8 Å². The van der Waals surface area contributed by atoms with E-state index < -0.39 is 17.4 Å². The molecule has 0 fully saturated rings. The Labute approximate surface area is 182 Å². The number of nitrogens with zero attached hydrogens (tertiary/aromatic N) is 2. The number of carbonyl (C=O) groups is 1. The molecule has 0 aliphatic heterocycles. The third-order valence-electron chi connectivity index (χ3n) is 4.01. The van der Waals surface area contributed by atoms with Gasteiger partial charge in [0.05, 0.1) is 5.69 Å². The number of alkyl carbamates (subject to hydrolysis) is 1. The van der Waals surface area contributed by atoms with Crippen LogP contribution in [0.5, 0.6) is 0 Å². The number of halogens is 1. The van der Waals surface area contributed by atoms with Crippen LogP contribution in [0.3, 0.4) is 0 Å². The minimum atomic E-state index is -1.68. The highest BCUT2D eigenvalue weighted by molar-refractivity contribution is 6.30. The van der Waals surface area contributed by atoms with Gasteiger partial charge >= 0.3 is 6.09 Å². The first-order valence-electron chi connectivity index (χ1n) is 9.80. The van der Waals surface area contributed by atoms with Crippen LogP contribution in [0.15, 0.2) is 24.3 Å². The Balaban J connectivity index is 2.12. The van der Waals surface area contributed by atoms with E-state index in [1.165, 1.54) is 6.92 Å². The standard InChI is InChI=1S/C21H30ClN5O3/c1-6-15-17(22)27-18(16(26-15)21(5,23)29)25-14-9-7-8-13(12-14)10-11-24-19(28)30-20(2,3)4/h7-9,12,29H,6,10-11,23H2,1-5H3,(H,24,28)(H,25,27). The van der Waals surface area contributed by atoms with Crippen molar-refractivity contribution in [3.8, 4) is 0 Å². The molecule has 164 valence electrons. The van der Waals surface area contributed by atoms with Crippen molar-refractivity contribution in [1.29, 1.82) is 0 Å². The zero-order valence-electron chi connectivity index (χ0n) is 18.0. The monoisotopic (exact) mass is 435 g/mol. The molecule has 0 aliphatic carbocycles. The molecule has 0 saturated carbocycles. The summed E-state index contributed by atoms with van der Waals surface area (Å²) in [7, 11) is 0. The molecule has 2 rings (SSSR count). The molecule has 8 nitrogen and oxygen atoms in total. The number of carbonyl (C=O) groups excluding carboxylic acids is 1. The van der Waals surface area contributed by atoms with Crippen LogP contribution in [-0.4, -0.2) is 33.3 Å². The van der Waals surface area contributed by atoms with E-state index in [4.69, 9.17) is 22.1 Å². The van der Waals surface area contributed by atoms with Crippen LogP contribution in [0, 0.1) is 0 Å². The van der Waals surface area contributed by atoms with Crippen LogP contribution >= 0.6 is 11.6 Å². The Morgan fingerprint density at radius 3 is 2.57 bits per heavy atom. The number of aliphatic hydroxyl groups is 1. The zero-order valence-corrected chi connectivity index (χ0v) is 18.8. The summed E-state index contributed by atoms with van der Waals surface area (Å²) in [6, 6.07) is 7.58. The van der Waals surface area contributed by atoms with Crippen molar-refractivity contribution < 1.29 is 14.6 Å². The highest BCUT2D eigenvalue weighted by atomic mass is 35.5. The van der Waals surface area contributed by atoms with Crippen LogP contribution in [0.1, 0.15) is 51.6 Å². The molecule has 2 aromatic rings. The SMILES string of the molecule is CCc1nc(C(C)(N)O)c(Nc2cccc(CCNC(=O)OC(C)(C)C)c2)nc1Cl. The van der Waals surface area contributed by atoms with E-state index >= 15 is 0 Å². The van der Waals surface area contributed by atoms with Crippen molar-refractivity contribution in [2.24, 2.45) is 5.73 Å². The van der Waals surface area contributed by atoms with E-state index in [0.29, 0.717) is 25.1 Å². The number of nitrogens with two attached hydrogens (primary N) is 1. The summed E-state index contributed by atoms with van der Waals surface area (Å²) in [4.78, 5) is 20.5. The number of benzene rings is 1. The number of hydrogen-bond acceptors (Lipinski definition) is 7. The van der Waals surface area contributed by atoms with E-state index in [2.05, 4.69) is 20.6 Å². The largest absolute Gasteiger partial charge is 0.444 e. The molecule has 0 spiro atoms. The summed E-state index contributed by atoms with van der Waals surface area (Å²) >= 11 is 6.20. The van der Waals surface area contributed by atoms with Gasteiger partial charge in [0, 0.05) is 12.2 Å². The lowest BCUT2D eigenvalue weighted by Gasteiger charge is -2.21. The molecule has 1 atom stereocenters. The van der Waals surface area contributed by atoms with Crippen molar-refractivity contribution in [2.75, 3.05) is 11.9 Å². The summed E-state index contributed by atoms with van der Waals surface area (Å²) < 4.78 is 5.23. The molecule has 0 saturated heterocycles. The molecule has 30 heavy (non-hydrogen) atoms. The third-order valence-corrected chi connectivity index (χ3v) is 4.31. The molecular weight excluding hydrogens is 406 g/mol. The fourth-order valence-electron chi connectivity index (χ4n) is 2.68. The van der Waals surface area contributed by atoms with Crippen LogP contribution in [0.2, 0.25) is 5.15 Å². The van der Waals surface area contributed by atoms with Gasteiger partial charge < -0.3 is 20.5 Å². The fraction of sp³-hybridized carbons (Fsp3) is 0.476. The molecule has 0 radical (unpaired) electrons. The van der Waals surface area contributed by atoms with E-state index in [-0.39, 0.29) is 16.7 Å². The van der Waals surface area contributed by atoms with Gasteiger partial charge in [0.2, 0.25) is 0 Å². The van der Waals surface area contributed by atoms with Gasteiger partial charge in [-0.3, -0.25) is 5.73 Å². The molecule has 0 aliphatic rings. The van der Waals surface area contributed by atoms with Crippen molar-refractivity contribution in [3.05, 3.63) is 46.4 Å². The highest BCUT2D eigenvalue weighted by Crippen LogP contribution is 2.27. The maximum atomic E-state index is 11.8. The molecule has 9 heteroatoms. The molecule has 1 unspecified atom stereocenters. The second kappa shape index (κ2) is 9.59. The predicted molar refractivity (Wildman–Crippen MR) is 118 cm³/mol. The number of amides is 1. The van der Waals surface area contributed by atoms with Crippen LogP contribution in [0.4, 0.5) is 16.3 Å². The molecule has 1 heterocycles. The Hall–Kier alpha value is -2.42. The minimum absolute atomic E-state index is 0.209. The molecule has 0 bridgehead atoms. The maximum absolute atomic E-state index is 11.8. The predicted octanol–water partition coefficient (Wildman–Crippen LogP) is 3.63. The van der Waals surface area contributed by atoms with Crippen LogP contribution in [0.25, 0.3) is 0 Å². The lowest BCUT2D eigenvalue weighted by molar-refractivity contribution is 0.0527. The summed E-state index contributed by atoms with van der Waals surface area (Å²) in [5, 5.41) is 16.4. The Kier molecular flexibility index (Phi) is 7.63. The number of aromatic nitrogens is 2. The second-order valence-electron chi connectivity index (χ2n) is 8.16. The van der Waals surface area contributed by atoms with E-state index in [1.54, 1.807) is 0 Å². The maximum Gasteiger partial charge on any atom is 0.407 e. The van der Waals surface area contributed by atoms with Gasteiger partial charge in [-0.1, -0.05) is 30.7 Å². The van der Waals surface area contributed by atoms with Crippen molar-refractivity contribution >= 4 is 29.2 Å². The second-order valence-corrected chi connectivity index (χ2v) is 8.52. The van der Waals surface area contributed by atoms with E-state index in [9.17, 15) is 9.90 Å². The van der Waals surface area contributed by atoms with Crippen molar-refractivity contribution in [3.63, 3.8) is 0 Å². The summed E-state index contributed by atoms with van der Waals surface area (Å²) in [6.07, 6.45) is 0.722. The first-order chi connectivity index (χ1) is 13.9. The van der Waals surface area contributed by atoms with Gasteiger partial charge in [-0.15, -0.1) is 0 Å². The zero-order chi connectivity index (χ0) is 22.5. The van der Waals surface area contributed by atoms with E-state index in [1.807, 2.05) is 52.0 Å². The normalized spacial score (nSPS) is 13.5. The number of ether oxygens (including phenoxy) is 1. The topological polar surface area (TPSA) is 122 Å². The first-order valence-corrected chi connectivity index (χ1v) is 10.2. The van der Waals surface area contributed by atoms with Crippen LogP contribution in [-0.2, 0) is 23.3 Å². The average Bonchev–Trinajstić information content (AvgIpc) is 2.59. The molecular formula is C21H30ClN5O3. The van der Waals surface area contributed by atoms with Gasteiger partial charge in [0.25, 0.3) is 0 Å². The average molecular weight is 436 g/mol. The summed E-state index contributed by atoms with van der Waals surface area (Å²) in [5.41, 5.74) is 6.14. The van der Waals surface area contributed by atoms with Gasteiger partial charge in [0.15, 0.2) is 16.7 Å². The Bertz CT molecular complexity index is 891. The Morgan fingerprint density at radius 1 is 1.27 bits per heavy atom. The van der Waals surface area contributed by atoms with Crippen molar-refractivity contribution in [1.82, 2.24) is 15.3 Å². The lowest BCUT2D eigenvalue weighted by Crippen LogP contribution is -2.35. The van der Waals surface area contributed by atoms with E-state index in [0.717, 1.165) is 11.3 Å². The number of nitrogens with one attached hydrogen (secondary N) is 2. The number of anilines is 2. The first kappa shape index (κ1) is 23.9. The smallest absolute Gasteiger partial charge is 0.407 e. The van der Waals surface area contributed by atoms with Gasteiger partial charge in [0.1, 0.15) is 11.3 Å². The van der Waals surface area contributed by atoms with Gasteiger partial charge in [-0.05, 0) is 58.2 Å². The molecule has 1 aromatic carbocycles.